The van der Waals surface area contributed by atoms with Crippen molar-refractivity contribution in [2.75, 3.05) is 12.4 Å². The first-order valence-electron chi connectivity index (χ1n) is 6.70. The van der Waals surface area contributed by atoms with E-state index >= 15 is 0 Å². The number of aryl methyl sites for hydroxylation is 2. The molecule has 1 amide bonds. The number of aromatic amines is 1. The quantitative estimate of drug-likeness (QED) is 0.814. The number of hydrogen-bond donors (Lipinski definition) is 2. The summed E-state index contributed by atoms with van der Waals surface area (Å²) in [5.74, 6) is -0.744. The molecule has 6 heteroatoms. The zero-order valence-corrected chi connectivity index (χ0v) is 14.4. The number of ether oxygens (including phenoxy) is 1. The summed E-state index contributed by atoms with van der Waals surface area (Å²) in [6.45, 7) is 5.37. The van der Waals surface area contributed by atoms with Gasteiger partial charge in [0.15, 0.2) is 0 Å². The molecule has 0 spiro atoms. The third-order valence-electron chi connectivity index (χ3n) is 3.49. The van der Waals surface area contributed by atoms with Crippen molar-refractivity contribution in [3.63, 3.8) is 0 Å². The first-order chi connectivity index (χ1) is 10.3. The molecule has 0 atom stereocenters. The average Bonchev–Trinajstić information content (AvgIpc) is 2.76. The molecule has 0 radical (unpaired) electrons. The van der Waals surface area contributed by atoms with Crippen molar-refractivity contribution in [3.8, 4) is 0 Å². The molecule has 0 saturated heterocycles. The molecule has 2 N–H and O–H groups in total. The summed E-state index contributed by atoms with van der Waals surface area (Å²) < 4.78 is 5.69. The van der Waals surface area contributed by atoms with Crippen LogP contribution >= 0.6 is 15.9 Å². The van der Waals surface area contributed by atoms with Crippen molar-refractivity contribution in [3.05, 3.63) is 50.8 Å². The van der Waals surface area contributed by atoms with Crippen LogP contribution in [0.4, 0.5) is 5.69 Å². The van der Waals surface area contributed by atoms with E-state index in [0.29, 0.717) is 22.5 Å². The van der Waals surface area contributed by atoms with E-state index in [-0.39, 0.29) is 5.91 Å². The largest absolute Gasteiger partial charge is 0.465 e. The van der Waals surface area contributed by atoms with Crippen molar-refractivity contribution >= 4 is 33.5 Å². The summed E-state index contributed by atoms with van der Waals surface area (Å²) in [7, 11) is 1.32. The van der Waals surface area contributed by atoms with E-state index in [4.69, 9.17) is 4.74 Å². The maximum atomic E-state index is 12.4. The lowest BCUT2D eigenvalue weighted by molar-refractivity contribution is 0.0599. The number of hydrogen-bond acceptors (Lipinski definition) is 3. The lowest BCUT2D eigenvalue weighted by atomic mass is 10.1. The van der Waals surface area contributed by atoms with Gasteiger partial charge in [0, 0.05) is 15.9 Å². The Labute approximate surface area is 137 Å². The molecule has 0 bridgehead atoms. The van der Waals surface area contributed by atoms with Gasteiger partial charge in [0.1, 0.15) is 5.69 Å². The summed E-state index contributed by atoms with van der Waals surface area (Å²) in [5, 5.41) is 2.85. The first kappa shape index (κ1) is 16.3. The number of amides is 1. The third-order valence-corrected chi connectivity index (χ3v) is 3.98. The molecule has 0 aliphatic rings. The molecule has 0 unspecified atom stereocenters. The van der Waals surface area contributed by atoms with Gasteiger partial charge in [0.2, 0.25) is 0 Å². The lowest BCUT2D eigenvalue weighted by Crippen LogP contribution is -2.14. The standard InChI is InChI=1S/C16H17BrN2O3/c1-8-7-11(17)5-6-12(8)19-15(20)14-9(2)13(10(3)18-14)16(21)22-4/h5-7,18H,1-4H3,(H,19,20). The van der Waals surface area contributed by atoms with E-state index in [1.54, 1.807) is 13.8 Å². The van der Waals surface area contributed by atoms with Gasteiger partial charge in [-0.25, -0.2) is 4.79 Å². The molecule has 116 valence electrons. The Morgan fingerprint density at radius 2 is 1.91 bits per heavy atom. The fourth-order valence-corrected chi connectivity index (χ4v) is 2.81. The molecule has 2 rings (SSSR count). The zero-order valence-electron chi connectivity index (χ0n) is 12.8. The van der Waals surface area contributed by atoms with E-state index in [1.165, 1.54) is 7.11 Å². The van der Waals surface area contributed by atoms with E-state index in [2.05, 4.69) is 26.2 Å². The SMILES string of the molecule is COC(=O)c1c(C)[nH]c(C(=O)Nc2ccc(Br)cc2C)c1C. The van der Waals surface area contributed by atoms with Crippen LogP contribution < -0.4 is 5.32 Å². The molecule has 0 saturated carbocycles. The molecule has 0 fully saturated rings. The van der Waals surface area contributed by atoms with Gasteiger partial charge in [-0.05, 0) is 50.1 Å². The van der Waals surface area contributed by atoms with Crippen molar-refractivity contribution < 1.29 is 14.3 Å². The van der Waals surface area contributed by atoms with Gasteiger partial charge < -0.3 is 15.0 Å². The van der Waals surface area contributed by atoms with Gasteiger partial charge in [-0.15, -0.1) is 0 Å². The van der Waals surface area contributed by atoms with E-state index in [1.807, 2.05) is 25.1 Å². The molecule has 1 aromatic heterocycles. The van der Waals surface area contributed by atoms with Crippen LogP contribution in [0, 0.1) is 20.8 Å². The predicted molar refractivity (Wildman–Crippen MR) is 88.4 cm³/mol. The third kappa shape index (κ3) is 3.06. The van der Waals surface area contributed by atoms with Crippen LogP contribution in [0.3, 0.4) is 0 Å². The van der Waals surface area contributed by atoms with Crippen molar-refractivity contribution in [1.82, 2.24) is 4.98 Å². The van der Waals surface area contributed by atoms with Crippen molar-refractivity contribution in [2.45, 2.75) is 20.8 Å². The average molecular weight is 365 g/mol. The summed E-state index contributed by atoms with van der Waals surface area (Å²) >= 11 is 3.39. The number of carbonyl (C=O) groups excluding carboxylic acids is 2. The maximum absolute atomic E-state index is 12.4. The van der Waals surface area contributed by atoms with Crippen LogP contribution in [0.2, 0.25) is 0 Å². The zero-order chi connectivity index (χ0) is 16.4. The van der Waals surface area contributed by atoms with Gasteiger partial charge in [0.25, 0.3) is 5.91 Å². The van der Waals surface area contributed by atoms with Crippen LogP contribution in [-0.4, -0.2) is 24.0 Å². The Bertz CT molecular complexity index is 750. The summed E-state index contributed by atoms with van der Waals surface area (Å²) in [5.41, 5.74) is 3.62. The van der Waals surface area contributed by atoms with Gasteiger partial charge in [-0.2, -0.15) is 0 Å². The van der Waals surface area contributed by atoms with Crippen LogP contribution in [0.15, 0.2) is 22.7 Å². The molecule has 0 aliphatic heterocycles. The molecular formula is C16H17BrN2O3. The molecule has 22 heavy (non-hydrogen) atoms. The number of nitrogens with one attached hydrogen (secondary N) is 2. The van der Waals surface area contributed by atoms with Crippen LogP contribution in [-0.2, 0) is 4.74 Å². The smallest absolute Gasteiger partial charge is 0.339 e. The number of H-pyrrole nitrogens is 1. The second kappa shape index (κ2) is 6.36. The van der Waals surface area contributed by atoms with Crippen LogP contribution in [0.5, 0.6) is 0 Å². The number of halogens is 1. The number of carbonyl (C=O) groups is 2. The summed E-state index contributed by atoms with van der Waals surface area (Å²) in [6.07, 6.45) is 0. The second-order valence-corrected chi connectivity index (χ2v) is 5.95. The van der Waals surface area contributed by atoms with Gasteiger partial charge >= 0.3 is 5.97 Å². The topological polar surface area (TPSA) is 71.2 Å². The minimum absolute atomic E-state index is 0.291. The molecule has 1 aromatic carbocycles. The van der Waals surface area contributed by atoms with Crippen molar-refractivity contribution in [1.29, 1.82) is 0 Å². The highest BCUT2D eigenvalue weighted by Crippen LogP contribution is 2.23. The number of esters is 1. The van der Waals surface area contributed by atoms with Gasteiger partial charge in [-0.1, -0.05) is 15.9 Å². The Morgan fingerprint density at radius 1 is 1.23 bits per heavy atom. The Kier molecular flexibility index (Phi) is 4.71. The predicted octanol–water partition coefficient (Wildman–Crippen LogP) is 3.74. The number of rotatable bonds is 3. The lowest BCUT2D eigenvalue weighted by Gasteiger charge is -2.08. The molecule has 0 aliphatic carbocycles. The summed E-state index contributed by atoms with van der Waals surface area (Å²) in [6, 6.07) is 5.60. The Morgan fingerprint density at radius 3 is 2.50 bits per heavy atom. The van der Waals surface area contributed by atoms with Crippen LogP contribution in [0.25, 0.3) is 0 Å². The second-order valence-electron chi connectivity index (χ2n) is 5.03. The minimum atomic E-state index is -0.454. The van der Waals surface area contributed by atoms with Crippen LogP contribution in [0.1, 0.15) is 37.7 Å². The Hall–Kier alpha value is -2.08. The number of aromatic nitrogens is 1. The number of methoxy groups -OCH3 is 1. The molecule has 5 nitrogen and oxygen atoms in total. The van der Waals surface area contributed by atoms with E-state index in [9.17, 15) is 9.59 Å². The van der Waals surface area contributed by atoms with Gasteiger partial charge in [0.05, 0.1) is 12.7 Å². The van der Waals surface area contributed by atoms with Crippen molar-refractivity contribution in [2.24, 2.45) is 0 Å². The fraction of sp³-hybridized carbons (Fsp3) is 0.250. The fourth-order valence-electron chi connectivity index (χ4n) is 2.34. The highest BCUT2D eigenvalue weighted by molar-refractivity contribution is 9.10. The van der Waals surface area contributed by atoms with E-state index < -0.39 is 5.97 Å². The highest BCUT2D eigenvalue weighted by atomic mass is 79.9. The minimum Gasteiger partial charge on any atom is -0.465 e. The summed E-state index contributed by atoms with van der Waals surface area (Å²) in [4.78, 5) is 27.2. The normalized spacial score (nSPS) is 10.4. The maximum Gasteiger partial charge on any atom is 0.339 e. The highest BCUT2D eigenvalue weighted by Gasteiger charge is 2.22. The molecule has 2 aromatic rings. The molecule has 1 heterocycles. The number of benzene rings is 1. The Balaban J connectivity index is 2.32. The number of anilines is 1. The first-order valence-corrected chi connectivity index (χ1v) is 7.49. The molecular weight excluding hydrogens is 348 g/mol. The van der Waals surface area contributed by atoms with E-state index in [0.717, 1.165) is 15.7 Å². The monoisotopic (exact) mass is 364 g/mol. The van der Waals surface area contributed by atoms with Gasteiger partial charge in [-0.3, -0.25) is 4.79 Å².